The molecule has 6 heteroatoms. The van der Waals surface area contributed by atoms with Crippen molar-refractivity contribution in [1.29, 1.82) is 0 Å². The summed E-state index contributed by atoms with van der Waals surface area (Å²) < 4.78 is 15.6. The molecule has 0 aliphatic rings. The molecule has 0 spiro atoms. The van der Waals surface area contributed by atoms with E-state index in [1.54, 1.807) is 16.7 Å². The minimum atomic E-state index is -0.464. The molecule has 0 radical (unpaired) electrons. The zero-order chi connectivity index (χ0) is 19.3. The van der Waals surface area contributed by atoms with Crippen LogP contribution in [-0.2, 0) is 17.9 Å². The van der Waals surface area contributed by atoms with E-state index in [4.69, 9.17) is 0 Å². The van der Waals surface area contributed by atoms with Gasteiger partial charge in [0.25, 0.3) is 0 Å². The summed E-state index contributed by atoms with van der Waals surface area (Å²) in [5.74, 6) is -0.196. The smallest absolute Gasteiger partial charge is 0.244 e. The lowest BCUT2D eigenvalue weighted by atomic mass is 10.2. The van der Waals surface area contributed by atoms with Crippen LogP contribution in [0.1, 0.15) is 5.56 Å². The van der Waals surface area contributed by atoms with Crippen molar-refractivity contribution >= 4 is 28.6 Å². The zero-order valence-electron chi connectivity index (χ0n) is 15.1. The lowest BCUT2D eigenvalue weighted by molar-refractivity contribution is -0.116. The van der Waals surface area contributed by atoms with Crippen molar-refractivity contribution in [1.82, 2.24) is 9.55 Å². The van der Waals surface area contributed by atoms with Gasteiger partial charge in [-0.2, -0.15) is 0 Å². The molecule has 1 aromatic heterocycles. The van der Waals surface area contributed by atoms with E-state index < -0.39 is 5.82 Å². The molecule has 1 heterocycles. The van der Waals surface area contributed by atoms with Gasteiger partial charge in [0.2, 0.25) is 11.9 Å². The molecule has 0 saturated carbocycles. The maximum Gasteiger partial charge on any atom is 0.244 e. The first kappa shape index (κ1) is 17.7. The van der Waals surface area contributed by atoms with Crippen LogP contribution in [0, 0.1) is 5.82 Å². The molecule has 4 rings (SSSR count). The zero-order valence-corrected chi connectivity index (χ0v) is 15.1. The van der Waals surface area contributed by atoms with Crippen molar-refractivity contribution in [3.05, 3.63) is 90.2 Å². The van der Waals surface area contributed by atoms with Gasteiger partial charge in [0, 0.05) is 6.54 Å². The number of carbonyl (C=O) groups is 1. The van der Waals surface area contributed by atoms with Crippen molar-refractivity contribution in [2.45, 2.75) is 13.1 Å². The number of rotatable bonds is 6. The number of para-hydroxylation sites is 3. The Morgan fingerprint density at radius 3 is 2.46 bits per heavy atom. The van der Waals surface area contributed by atoms with Crippen LogP contribution in [0.4, 0.5) is 16.0 Å². The average Bonchev–Trinajstić information content (AvgIpc) is 3.06. The van der Waals surface area contributed by atoms with Gasteiger partial charge in [-0.3, -0.25) is 4.79 Å². The molecule has 2 N–H and O–H groups in total. The van der Waals surface area contributed by atoms with Gasteiger partial charge in [0.15, 0.2) is 0 Å². The number of nitrogens with zero attached hydrogens (tertiary/aromatic N) is 2. The molecule has 0 unspecified atom stereocenters. The highest BCUT2D eigenvalue weighted by atomic mass is 19.1. The fraction of sp³-hybridized carbons (Fsp3) is 0.0909. The number of fused-ring (bicyclic) bond motifs is 1. The van der Waals surface area contributed by atoms with Crippen LogP contribution in [-0.4, -0.2) is 15.5 Å². The first-order chi connectivity index (χ1) is 13.7. The maximum atomic E-state index is 13.8. The number of nitrogens with one attached hydrogen (secondary N) is 2. The van der Waals surface area contributed by atoms with Crippen LogP contribution in [0.2, 0.25) is 0 Å². The van der Waals surface area contributed by atoms with E-state index in [0.29, 0.717) is 12.5 Å². The monoisotopic (exact) mass is 374 g/mol. The Balaban J connectivity index is 1.58. The van der Waals surface area contributed by atoms with Crippen molar-refractivity contribution < 1.29 is 9.18 Å². The van der Waals surface area contributed by atoms with Crippen molar-refractivity contribution in [3.8, 4) is 0 Å². The Morgan fingerprint density at radius 2 is 1.64 bits per heavy atom. The quantitative estimate of drug-likeness (QED) is 0.525. The molecule has 140 valence electrons. The Morgan fingerprint density at radius 1 is 0.929 bits per heavy atom. The molecule has 0 bridgehead atoms. The average molecular weight is 374 g/mol. The summed E-state index contributed by atoms with van der Waals surface area (Å²) in [4.78, 5) is 17.2. The van der Waals surface area contributed by atoms with E-state index in [0.717, 1.165) is 16.6 Å². The number of hydrogen-bond acceptors (Lipinski definition) is 3. The Kier molecular flexibility index (Phi) is 5.01. The summed E-state index contributed by atoms with van der Waals surface area (Å²) >= 11 is 0. The Labute approximate surface area is 161 Å². The second-order valence-corrected chi connectivity index (χ2v) is 6.38. The second kappa shape index (κ2) is 7.92. The predicted molar refractivity (Wildman–Crippen MR) is 109 cm³/mol. The van der Waals surface area contributed by atoms with Gasteiger partial charge in [-0.05, 0) is 29.8 Å². The Bertz CT molecular complexity index is 1110. The molecule has 0 aliphatic heterocycles. The summed E-state index contributed by atoms with van der Waals surface area (Å²) in [7, 11) is 0. The number of carbonyl (C=O) groups excluding carboxylic acids is 1. The van der Waals surface area contributed by atoms with Gasteiger partial charge in [0.1, 0.15) is 12.4 Å². The highest BCUT2D eigenvalue weighted by Gasteiger charge is 2.14. The van der Waals surface area contributed by atoms with Crippen LogP contribution >= 0.6 is 0 Å². The predicted octanol–water partition coefficient (Wildman–Crippen LogP) is 4.43. The van der Waals surface area contributed by atoms with E-state index in [1.165, 1.54) is 12.1 Å². The van der Waals surface area contributed by atoms with Gasteiger partial charge in [-0.1, -0.05) is 54.6 Å². The number of imidazole rings is 1. The molecular weight excluding hydrogens is 355 g/mol. The van der Waals surface area contributed by atoms with Gasteiger partial charge < -0.3 is 15.2 Å². The molecule has 0 saturated heterocycles. The summed E-state index contributed by atoms with van der Waals surface area (Å²) in [5, 5.41) is 5.92. The third kappa shape index (κ3) is 3.86. The van der Waals surface area contributed by atoms with Crippen LogP contribution in [0.5, 0.6) is 0 Å². The summed E-state index contributed by atoms with van der Waals surface area (Å²) in [6.07, 6.45) is 0. The second-order valence-electron chi connectivity index (χ2n) is 6.38. The first-order valence-electron chi connectivity index (χ1n) is 8.98. The van der Waals surface area contributed by atoms with Crippen LogP contribution in [0.25, 0.3) is 11.0 Å². The number of aromatic nitrogens is 2. The molecule has 0 aliphatic carbocycles. The highest BCUT2D eigenvalue weighted by Crippen LogP contribution is 2.21. The SMILES string of the molecule is O=C(Cn1c(NCc2ccccc2)nc2ccccc21)Nc1ccccc1F. The molecular formula is C22H19FN4O. The third-order valence-corrected chi connectivity index (χ3v) is 4.40. The van der Waals surface area contributed by atoms with Gasteiger partial charge in [-0.15, -0.1) is 0 Å². The molecule has 3 aromatic carbocycles. The van der Waals surface area contributed by atoms with E-state index >= 15 is 0 Å². The van der Waals surface area contributed by atoms with Gasteiger partial charge in [0.05, 0.1) is 16.7 Å². The third-order valence-electron chi connectivity index (χ3n) is 4.40. The van der Waals surface area contributed by atoms with E-state index in [-0.39, 0.29) is 18.1 Å². The normalized spacial score (nSPS) is 10.8. The standard InChI is InChI=1S/C22H19FN4O/c23-17-10-4-5-11-18(17)25-21(28)15-27-20-13-7-6-12-19(20)26-22(27)24-14-16-8-2-1-3-9-16/h1-13H,14-15H2,(H,24,26)(H,25,28). The van der Waals surface area contributed by atoms with Crippen LogP contribution in [0.15, 0.2) is 78.9 Å². The molecule has 0 atom stereocenters. The topological polar surface area (TPSA) is 59.0 Å². The minimum absolute atomic E-state index is 0.0198. The Hall–Kier alpha value is -3.67. The number of halogens is 1. The molecule has 1 amide bonds. The molecule has 4 aromatic rings. The number of benzene rings is 3. The fourth-order valence-corrected chi connectivity index (χ4v) is 3.04. The number of amides is 1. The van der Waals surface area contributed by atoms with E-state index in [1.807, 2.05) is 54.6 Å². The van der Waals surface area contributed by atoms with E-state index in [2.05, 4.69) is 15.6 Å². The molecule has 0 fully saturated rings. The summed E-state index contributed by atoms with van der Waals surface area (Å²) in [6, 6.07) is 23.7. The fourth-order valence-electron chi connectivity index (χ4n) is 3.04. The minimum Gasteiger partial charge on any atom is -0.352 e. The highest BCUT2D eigenvalue weighted by molar-refractivity contribution is 5.92. The summed E-state index contributed by atoms with van der Waals surface area (Å²) in [6.45, 7) is 0.602. The number of hydrogen-bond donors (Lipinski definition) is 2. The van der Waals surface area contributed by atoms with Gasteiger partial charge in [-0.25, -0.2) is 9.37 Å². The maximum absolute atomic E-state index is 13.8. The van der Waals surface area contributed by atoms with Gasteiger partial charge >= 0.3 is 0 Å². The largest absolute Gasteiger partial charge is 0.352 e. The summed E-state index contributed by atoms with van der Waals surface area (Å²) in [5.41, 5.74) is 2.89. The molecule has 28 heavy (non-hydrogen) atoms. The van der Waals surface area contributed by atoms with Crippen molar-refractivity contribution in [2.24, 2.45) is 0 Å². The molecule has 5 nitrogen and oxygen atoms in total. The van der Waals surface area contributed by atoms with Crippen molar-refractivity contribution in [2.75, 3.05) is 10.6 Å². The lowest BCUT2D eigenvalue weighted by Gasteiger charge is -2.12. The van der Waals surface area contributed by atoms with Crippen molar-refractivity contribution in [3.63, 3.8) is 0 Å². The van der Waals surface area contributed by atoms with Crippen LogP contribution < -0.4 is 10.6 Å². The van der Waals surface area contributed by atoms with Crippen LogP contribution in [0.3, 0.4) is 0 Å². The van der Waals surface area contributed by atoms with E-state index in [9.17, 15) is 9.18 Å². The first-order valence-corrected chi connectivity index (χ1v) is 8.98. The lowest BCUT2D eigenvalue weighted by Crippen LogP contribution is -2.20. The number of anilines is 2.